The van der Waals surface area contributed by atoms with Crippen LogP contribution in [0.25, 0.3) is 0 Å². The maximum atomic E-state index is 12.5. The molecular weight excluding hydrogens is 259 g/mol. The van der Waals surface area contributed by atoms with Gasteiger partial charge in [-0.3, -0.25) is 0 Å². The van der Waals surface area contributed by atoms with Crippen molar-refractivity contribution in [1.82, 2.24) is 5.32 Å². The van der Waals surface area contributed by atoms with Crippen molar-refractivity contribution in [2.45, 2.75) is 51.4 Å². The summed E-state index contributed by atoms with van der Waals surface area (Å²) in [5.74, 6) is -1.08. The largest absolute Gasteiger partial charge is 0.391 e. The lowest BCUT2D eigenvalue weighted by atomic mass is 9.85. The Kier molecular flexibility index (Phi) is 4.33. The summed E-state index contributed by atoms with van der Waals surface area (Å²) < 4.78 is 37.5. The van der Waals surface area contributed by atoms with Gasteiger partial charge in [0.25, 0.3) is 0 Å². The normalized spacial score (nSPS) is 25.3. The van der Waals surface area contributed by atoms with Gasteiger partial charge in [-0.05, 0) is 44.7 Å². The Morgan fingerprint density at radius 2 is 1.89 bits per heavy atom. The Morgan fingerprint density at radius 1 is 1.22 bits per heavy atom. The lowest BCUT2D eigenvalue weighted by molar-refractivity contribution is -0.182. The first-order valence-electron chi connectivity index (χ1n) is 6.30. The molecule has 1 aromatic rings. The van der Waals surface area contributed by atoms with Crippen LogP contribution in [0.3, 0.4) is 0 Å². The van der Waals surface area contributed by atoms with Crippen molar-refractivity contribution in [2.24, 2.45) is 5.92 Å². The molecule has 1 N–H and O–H groups in total. The zero-order valence-electron chi connectivity index (χ0n) is 10.4. The predicted octanol–water partition coefficient (Wildman–Crippen LogP) is 4.27. The van der Waals surface area contributed by atoms with E-state index < -0.39 is 12.1 Å². The van der Waals surface area contributed by atoms with Gasteiger partial charge in [0.1, 0.15) is 0 Å². The zero-order valence-corrected chi connectivity index (χ0v) is 11.2. The van der Waals surface area contributed by atoms with Crippen molar-refractivity contribution < 1.29 is 13.2 Å². The van der Waals surface area contributed by atoms with E-state index in [2.05, 4.69) is 24.4 Å². The highest BCUT2D eigenvalue weighted by Crippen LogP contribution is 2.37. The molecule has 0 aliphatic heterocycles. The van der Waals surface area contributed by atoms with Crippen LogP contribution in [-0.2, 0) is 6.54 Å². The average molecular weight is 277 g/mol. The molecule has 2 rings (SSSR count). The van der Waals surface area contributed by atoms with Crippen LogP contribution < -0.4 is 5.32 Å². The second kappa shape index (κ2) is 5.61. The quantitative estimate of drug-likeness (QED) is 0.870. The number of alkyl halides is 3. The summed E-state index contributed by atoms with van der Waals surface area (Å²) in [5, 5.41) is 3.37. The molecule has 1 heterocycles. The van der Waals surface area contributed by atoms with E-state index in [0.717, 1.165) is 6.54 Å². The number of nitrogens with one attached hydrogen (secondary N) is 1. The third-order valence-corrected chi connectivity index (χ3v) is 4.55. The highest BCUT2D eigenvalue weighted by molar-refractivity contribution is 7.11. The van der Waals surface area contributed by atoms with Crippen molar-refractivity contribution in [3.63, 3.8) is 0 Å². The smallest absolute Gasteiger partial charge is 0.309 e. The number of hydrogen-bond acceptors (Lipinski definition) is 2. The monoisotopic (exact) mass is 277 g/mol. The van der Waals surface area contributed by atoms with Gasteiger partial charge < -0.3 is 5.32 Å². The van der Waals surface area contributed by atoms with E-state index in [1.807, 2.05) is 0 Å². The minimum absolute atomic E-state index is 0.242. The zero-order chi connectivity index (χ0) is 13.2. The van der Waals surface area contributed by atoms with Gasteiger partial charge in [-0.2, -0.15) is 13.2 Å². The predicted molar refractivity (Wildman–Crippen MR) is 67.7 cm³/mol. The second-order valence-corrected chi connectivity index (χ2v) is 6.36. The minimum atomic E-state index is -4.00. The van der Waals surface area contributed by atoms with E-state index in [1.54, 1.807) is 11.3 Å². The average Bonchev–Trinajstić information content (AvgIpc) is 2.72. The molecule has 0 unspecified atom stereocenters. The van der Waals surface area contributed by atoms with Gasteiger partial charge in [0, 0.05) is 22.3 Å². The second-order valence-electron chi connectivity index (χ2n) is 4.98. The van der Waals surface area contributed by atoms with Crippen molar-refractivity contribution in [3.05, 3.63) is 21.9 Å². The highest BCUT2D eigenvalue weighted by Gasteiger charge is 2.41. The van der Waals surface area contributed by atoms with Crippen molar-refractivity contribution in [1.29, 1.82) is 0 Å². The summed E-state index contributed by atoms with van der Waals surface area (Å²) in [6, 6.07) is 4.39. The molecule has 1 nitrogen and oxygen atoms in total. The fourth-order valence-electron chi connectivity index (χ4n) is 2.45. The number of aryl methyl sites for hydroxylation is 1. The summed E-state index contributed by atoms with van der Waals surface area (Å²) in [4.78, 5) is 2.53. The molecule has 1 fully saturated rings. The van der Waals surface area contributed by atoms with Gasteiger partial charge >= 0.3 is 6.18 Å². The number of thiophene rings is 1. The van der Waals surface area contributed by atoms with E-state index in [0.29, 0.717) is 12.8 Å². The molecule has 1 aromatic heterocycles. The molecule has 0 atom stereocenters. The molecule has 1 aliphatic rings. The van der Waals surface area contributed by atoms with E-state index in [1.165, 1.54) is 9.75 Å². The maximum absolute atomic E-state index is 12.5. The lowest BCUT2D eigenvalue weighted by Gasteiger charge is -2.30. The molecular formula is C13H18F3NS. The summed E-state index contributed by atoms with van der Waals surface area (Å²) in [6.45, 7) is 2.84. The van der Waals surface area contributed by atoms with Crippen LogP contribution in [0.15, 0.2) is 12.1 Å². The van der Waals surface area contributed by atoms with Crippen LogP contribution in [0.1, 0.15) is 35.4 Å². The van der Waals surface area contributed by atoms with Gasteiger partial charge in [-0.25, -0.2) is 0 Å². The van der Waals surface area contributed by atoms with Gasteiger partial charge in [-0.15, -0.1) is 11.3 Å². The SMILES string of the molecule is Cc1ccc(CNC2CCC(C(F)(F)F)CC2)s1. The van der Waals surface area contributed by atoms with Gasteiger partial charge in [-0.1, -0.05) is 0 Å². The summed E-state index contributed by atoms with van der Waals surface area (Å²) in [6.07, 6.45) is -2.20. The first-order chi connectivity index (χ1) is 8.45. The first-order valence-corrected chi connectivity index (χ1v) is 7.12. The molecule has 18 heavy (non-hydrogen) atoms. The highest BCUT2D eigenvalue weighted by atomic mass is 32.1. The van der Waals surface area contributed by atoms with Crippen LogP contribution in [0.2, 0.25) is 0 Å². The first kappa shape index (κ1) is 13.9. The van der Waals surface area contributed by atoms with Gasteiger partial charge in [0.2, 0.25) is 0 Å². The number of hydrogen-bond donors (Lipinski definition) is 1. The molecule has 102 valence electrons. The van der Waals surface area contributed by atoms with Crippen molar-refractivity contribution in [2.75, 3.05) is 0 Å². The van der Waals surface area contributed by atoms with Crippen molar-refractivity contribution >= 4 is 11.3 Å². The topological polar surface area (TPSA) is 12.0 Å². The maximum Gasteiger partial charge on any atom is 0.391 e. The molecule has 1 saturated carbocycles. The van der Waals surface area contributed by atoms with Crippen LogP contribution >= 0.6 is 11.3 Å². The fraction of sp³-hybridized carbons (Fsp3) is 0.692. The Balaban J connectivity index is 1.74. The standard InChI is InChI=1S/C13H18F3NS/c1-9-2-7-12(18-9)8-17-11-5-3-10(4-6-11)13(14,15)16/h2,7,10-11,17H,3-6,8H2,1H3. The molecule has 0 aromatic carbocycles. The van der Waals surface area contributed by atoms with Crippen LogP contribution in [0.4, 0.5) is 13.2 Å². The number of rotatable bonds is 3. The minimum Gasteiger partial charge on any atom is -0.309 e. The molecule has 0 spiro atoms. The van der Waals surface area contributed by atoms with Gasteiger partial charge in [0.05, 0.1) is 5.92 Å². The van der Waals surface area contributed by atoms with E-state index in [-0.39, 0.29) is 18.9 Å². The summed E-state index contributed by atoms with van der Waals surface area (Å²) >= 11 is 1.74. The number of halogens is 3. The summed E-state index contributed by atoms with van der Waals surface area (Å²) in [5.41, 5.74) is 0. The Labute approximate surface area is 109 Å². The van der Waals surface area contributed by atoms with E-state index >= 15 is 0 Å². The van der Waals surface area contributed by atoms with E-state index in [9.17, 15) is 13.2 Å². The van der Waals surface area contributed by atoms with E-state index in [4.69, 9.17) is 0 Å². The molecule has 5 heteroatoms. The molecule has 1 aliphatic carbocycles. The Hall–Kier alpha value is -0.550. The lowest BCUT2D eigenvalue weighted by Crippen LogP contribution is -2.36. The third kappa shape index (κ3) is 3.72. The van der Waals surface area contributed by atoms with Crippen LogP contribution in [0.5, 0.6) is 0 Å². The molecule has 0 amide bonds. The molecule has 0 bridgehead atoms. The molecule has 0 radical (unpaired) electrons. The fourth-order valence-corrected chi connectivity index (χ4v) is 3.29. The Morgan fingerprint density at radius 3 is 2.39 bits per heavy atom. The van der Waals surface area contributed by atoms with Gasteiger partial charge in [0.15, 0.2) is 0 Å². The Bertz CT molecular complexity index is 378. The summed E-state index contributed by atoms with van der Waals surface area (Å²) in [7, 11) is 0. The van der Waals surface area contributed by atoms with Crippen LogP contribution in [-0.4, -0.2) is 12.2 Å². The third-order valence-electron chi connectivity index (χ3n) is 3.55. The van der Waals surface area contributed by atoms with Crippen LogP contribution in [0, 0.1) is 12.8 Å². The van der Waals surface area contributed by atoms with Crippen molar-refractivity contribution in [3.8, 4) is 0 Å². The molecule has 0 saturated heterocycles.